The molecule has 1 aliphatic heterocycles. The van der Waals surface area contributed by atoms with Gasteiger partial charge < -0.3 is 10.2 Å². The van der Waals surface area contributed by atoms with Gasteiger partial charge in [-0.05, 0) is 52.6 Å². The number of piperidine rings is 1. The van der Waals surface area contributed by atoms with Crippen molar-refractivity contribution in [2.45, 2.75) is 45.6 Å². The van der Waals surface area contributed by atoms with E-state index in [0.29, 0.717) is 0 Å². The first kappa shape index (κ1) is 13.5. The van der Waals surface area contributed by atoms with Crippen molar-refractivity contribution < 1.29 is 0 Å². The molecule has 2 heteroatoms. The zero-order valence-electron chi connectivity index (χ0n) is 11.1. The van der Waals surface area contributed by atoms with Gasteiger partial charge in [-0.2, -0.15) is 0 Å². The van der Waals surface area contributed by atoms with Crippen LogP contribution in [0, 0.1) is 18.3 Å². The summed E-state index contributed by atoms with van der Waals surface area (Å²) in [6.45, 7) is 11.3. The van der Waals surface area contributed by atoms with Crippen LogP contribution in [0.1, 0.15) is 40.0 Å². The number of hydrogen-bond acceptors (Lipinski definition) is 2. The van der Waals surface area contributed by atoms with Gasteiger partial charge in [0, 0.05) is 25.0 Å². The van der Waals surface area contributed by atoms with Crippen LogP contribution < -0.4 is 5.32 Å². The van der Waals surface area contributed by atoms with E-state index in [0.717, 1.165) is 25.4 Å². The van der Waals surface area contributed by atoms with Gasteiger partial charge in [0.05, 0.1) is 0 Å². The third-order valence-corrected chi connectivity index (χ3v) is 3.10. The summed E-state index contributed by atoms with van der Waals surface area (Å²) in [7, 11) is 0. The first-order valence-corrected chi connectivity index (χ1v) is 6.42. The molecule has 16 heavy (non-hydrogen) atoms. The van der Waals surface area contributed by atoms with Gasteiger partial charge in [-0.15, -0.1) is 12.3 Å². The molecule has 1 N–H and O–H groups in total. The van der Waals surface area contributed by atoms with Crippen molar-refractivity contribution in [3.63, 3.8) is 0 Å². The molecule has 1 rings (SSSR count). The number of terminal acetylenes is 1. The molecule has 1 heterocycles. The molecule has 1 atom stereocenters. The average Bonchev–Trinajstić information content (AvgIpc) is 2.23. The zero-order valence-corrected chi connectivity index (χ0v) is 11.1. The molecule has 92 valence electrons. The SMILES string of the molecule is C#CCCN1CCCC(CNC(C)(C)C)C1. The minimum atomic E-state index is 0.237. The fourth-order valence-corrected chi connectivity index (χ4v) is 2.19. The molecule has 0 aromatic rings. The second-order valence-corrected chi connectivity index (χ2v) is 5.89. The summed E-state index contributed by atoms with van der Waals surface area (Å²) in [5, 5.41) is 3.60. The van der Waals surface area contributed by atoms with E-state index in [9.17, 15) is 0 Å². The minimum Gasteiger partial charge on any atom is -0.312 e. The number of rotatable bonds is 4. The summed E-state index contributed by atoms with van der Waals surface area (Å²) in [4.78, 5) is 2.51. The molecule has 0 radical (unpaired) electrons. The third-order valence-electron chi connectivity index (χ3n) is 3.10. The van der Waals surface area contributed by atoms with Crippen molar-refractivity contribution in [1.82, 2.24) is 10.2 Å². The van der Waals surface area contributed by atoms with Gasteiger partial charge in [-0.25, -0.2) is 0 Å². The van der Waals surface area contributed by atoms with Crippen LogP contribution in [0.15, 0.2) is 0 Å². The van der Waals surface area contributed by atoms with E-state index < -0.39 is 0 Å². The first-order chi connectivity index (χ1) is 7.51. The van der Waals surface area contributed by atoms with Crippen LogP contribution in [0.5, 0.6) is 0 Å². The van der Waals surface area contributed by atoms with Crippen molar-refractivity contribution in [2.24, 2.45) is 5.92 Å². The normalized spacial score (nSPS) is 23.0. The van der Waals surface area contributed by atoms with Crippen LogP contribution in [0.3, 0.4) is 0 Å². The van der Waals surface area contributed by atoms with Gasteiger partial charge >= 0.3 is 0 Å². The van der Waals surface area contributed by atoms with Gasteiger partial charge in [0.1, 0.15) is 0 Å². The minimum absolute atomic E-state index is 0.237. The number of nitrogens with one attached hydrogen (secondary N) is 1. The van der Waals surface area contributed by atoms with Crippen LogP contribution in [0.25, 0.3) is 0 Å². The Labute approximate surface area is 101 Å². The van der Waals surface area contributed by atoms with Gasteiger partial charge in [0.2, 0.25) is 0 Å². The summed E-state index contributed by atoms with van der Waals surface area (Å²) in [5.74, 6) is 3.53. The maximum absolute atomic E-state index is 5.31. The Bertz CT molecular complexity index is 234. The van der Waals surface area contributed by atoms with E-state index in [1.54, 1.807) is 0 Å². The lowest BCUT2D eigenvalue weighted by Gasteiger charge is -2.34. The standard InChI is InChI=1S/C14H26N2/c1-5-6-9-16-10-7-8-13(12-16)11-15-14(2,3)4/h1,13,15H,6-12H2,2-4H3. The summed E-state index contributed by atoms with van der Waals surface area (Å²) >= 11 is 0. The lowest BCUT2D eigenvalue weighted by Crippen LogP contribution is -2.44. The molecule has 1 aliphatic rings. The van der Waals surface area contributed by atoms with Crippen molar-refractivity contribution in [3.05, 3.63) is 0 Å². The molecule has 0 bridgehead atoms. The summed E-state index contributed by atoms with van der Waals surface area (Å²) in [6.07, 6.45) is 8.87. The number of nitrogens with zero attached hydrogens (tertiary/aromatic N) is 1. The van der Waals surface area contributed by atoms with E-state index in [4.69, 9.17) is 6.42 Å². The highest BCUT2D eigenvalue weighted by Crippen LogP contribution is 2.16. The van der Waals surface area contributed by atoms with Gasteiger partial charge in [-0.1, -0.05) is 0 Å². The van der Waals surface area contributed by atoms with Crippen LogP contribution in [-0.2, 0) is 0 Å². The largest absolute Gasteiger partial charge is 0.312 e. The molecule has 2 nitrogen and oxygen atoms in total. The van der Waals surface area contributed by atoms with Crippen LogP contribution >= 0.6 is 0 Å². The third kappa shape index (κ3) is 5.53. The molecular formula is C14H26N2. The predicted octanol–water partition coefficient (Wildman–Crippen LogP) is 2.11. The van der Waals surface area contributed by atoms with Gasteiger partial charge in [0.15, 0.2) is 0 Å². The van der Waals surface area contributed by atoms with E-state index in [-0.39, 0.29) is 5.54 Å². The Kier molecular flexibility index (Phi) is 5.31. The highest BCUT2D eigenvalue weighted by atomic mass is 15.1. The molecule has 1 unspecified atom stereocenters. The Balaban J connectivity index is 2.25. The van der Waals surface area contributed by atoms with Crippen LogP contribution in [0.4, 0.5) is 0 Å². The van der Waals surface area contributed by atoms with Crippen molar-refractivity contribution in [1.29, 1.82) is 0 Å². The molecule has 0 aliphatic carbocycles. The molecule has 0 spiro atoms. The average molecular weight is 222 g/mol. The fraction of sp³-hybridized carbons (Fsp3) is 0.857. The Morgan fingerprint density at radius 1 is 1.44 bits per heavy atom. The Morgan fingerprint density at radius 2 is 2.19 bits per heavy atom. The van der Waals surface area contributed by atoms with E-state index >= 15 is 0 Å². The molecule has 1 fully saturated rings. The summed E-state index contributed by atoms with van der Waals surface area (Å²) in [5.41, 5.74) is 0.237. The highest BCUT2D eigenvalue weighted by Gasteiger charge is 2.20. The van der Waals surface area contributed by atoms with Crippen molar-refractivity contribution in [3.8, 4) is 12.3 Å². The Morgan fingerprint density at radius 3 is 2.81 bits per heavy atom. The van der Waals surface area contributed by atoms with Gasteiger partial charge in [-0.3, -0.25) is 0 Å². The number of hydrogen-bond donors (Lipinski definition) is 1. The molecule has 1 saturated heterocycles. The number of likely N-dealkylation sites (tertiary alicyclic amines) is 1. The second-order valence-electron chi connectivity index (χ2n) is 5.89. The monoisotopic (exact) mass is 222 g/mol. The molecule has 0 aromatic carbocycles. The van der Waals surface area contributed by atoms with Crippen molar-refractivity contribution in [2.75, 3.05) is 26.2 Å². The van der Waals surface area contributed by atoms with Crippen molar-refractivity contribution >= 4 is 0 Å². The second kappa shape index (κ2) is 6.27. The molecule has 0 aromatic heterocycles. The quantitative estimate of drug-likeness (QED) is 0.733. The zero-order chi connectivity index (χ0) is 12.0. The topological polar surface area (TPSA) is 15.3 Å². The smallest absolute Gasteiger partial charge is 0.0214 e. The molecule has 0 amide bonds. The lowest BCUT2D eigenvalue weighted by molar-refractivity contribution is 0.169. The Hall–Kier alpha value is -0.520. The summed E-state index contributed by atoms with van der Waals surface area (Å²) < 4.78 is 0. The van der Waals surface area contributed by atoms with E-state index in [1.807, 2.05) is 0 Å². The van der Waals surface area contributed by atoms with Crippen LogP contribution in [0.2, 0.25) is 0 Å². The molecular weight excluding hydrogens is 196 g/mol. The van der Waals surface area contributed by atoms with E-state index in [2.05, 4.69) is 36.9 Å². The lowest BCUT2D eigenvalue weighted by atomic mass is 9.96. The van der Waals surface area contributed by atoms with Gasteiger partial charge in [0.25, 0.3) is 0 Å². The fourth-order valence-electron chi connectivity index (χ4n) is 2.19. The summed E-state index contributed by atoms with van der Waals surface area (Å²) in [6, 6.07) is 0. The molecule has 0 saturated carbocycles. The maximum Gasteiger partial charge on any atom is 0.0214 e. The maximum atomic E-state index is 5.31. The first-order valence-electron chi connectivity index (χ1n) is 6.42. The predicted molar refractivity (Wildman–Crippen MR) is 70.4 cm³/mol. The van der Waals surface area contributed by atoms with Crippen LogP contribution in [-0.4, -0.2) is 36.6 Å². The van der Waals surface area contributed by atoms with E-state index in [1.165, 1.54) is 25.9 Å². The highest BCUT2D eigenvalue weighted by molar-refractivity contribution is 4.86.